The molecule has 0 nitrogen and oxygen atoms in total. The Bertz CT molecular complexity index is 732. The van der Waals surface area contributed by atoms with E-state index in [0.29, 0.717) is 11.3 Å². The van der Waals surface area contributed by atoms with Crippen molar-refractivity contribution in [2.75, 3.05) is 0 Å². The Morgan fingerprint density at radius 1 is 0.833 bits per heavy atom. The van der Waals surface area contributed by atoms with Gasteiger partial charge in [-0.15, -0.1) is 0 Å². The van der Waals surface area contributed by atoms with E-state index in [-0.39, 0.29) is 5.41 Å². The van der Waals surface area contributed by atoms with Gasteiger partial charge in [-0.1, -0.05) is 95.3 Å². The highest BCUT2D eigenvalue weighted by Gasteiger charge is 2.36. The Labute approximate surface area is 147 Å². The van der Waals surface area contributed by atoms with Crippen LogP contribution in [-0.4, -0.2) is 0 Å². The largest absolute Gasteiger partial charge is 0.0767 e. The van der Waals surface area contributed by atoms with Gasteiger partial charge in [-0.2, -0.15) is 0 Å². The summed E-state index contributed by atoms with van der Waals surface area (Å²) in [6, 6.07) is 17.7. The average Bonchev–Trinajstić information content (AvgIpc) is 2.57. The smallest absolute Gasteiger partial charge is 0.000700 e. The highest BCUT2D eigenvalue weighted by molar-refractivity contribution is 5.51. The zero-order valence-electron chi connectivity index (χ0n) is 15.8. The molecular formula is C24H30. The first-order valence-corrected chi connectivity index (χ1v) is 9.18. The lowest BCUT2D eigenvalue weighted by atomic mass is 9.63. The van der Waals surface area contributed by atoms with E-state index in [1.54, 1.807) is 11.1 Å². The number of fused-ring (bicyclic) bond motifs is 1. The quantitative estimate of drug-likeness (QED) is 0.580. The van der Waals surface area contributed by atoms with Crippen LogP contribution < -0.4 is 0 Å². The highest BCUT2D eigenvalue weighted by Crippen LogP contribution is 2.46. The molecule has 1 unspecified atom stereocenters. The summed E-state index contributed by atoms with van der Waals surface area (Å²) in [6.45, 7) is 11.9. The molecule has 0 spiro atoms. The molecule has 2 aromatic carbocycles. The molecule has 0 heteroatoms. The molecule has 2 aromatic rings. The van der Waals surface area contributed by atoms with Crippen LogP contribution in [0.25, 0.3) is 6.08 Å². The van der Waals surface area contributed by atoms with Crippen molar-refractivity contribution in [2.24, 2.45) is 0 Å². The normalized spacial score (nSPS) is 19.9. The van der Waals surface area contributed by atoms with E-state index in [1.165, 1.54) is 24.0 Å². The second-order valence-electron chi connectivity index (χ2n) is 8.63. The monoisotopic (exact) mass is 318 g/mol. The maximum atomic E-state index is 2.47. The fraction of sp³-hybridized carbons (Fsp3) is 0.417. The molecule has 0 aromatic heterocycles. The minimum Gasteiger partial charge on any atom is -0.0767 e. The Morgan fingerprint density at radius 3 is 2.12 bits per heavy atom. The van der Waals surface area contributed by atoms with Gasteiger partial charge in [-0.05, 0) is 51.8 Å². The van der Waals surface area contributed by atoms with Crippen LogP contribution in [0.15, 0.2) is 54.6 Å². The van der Waals surface area contributed by atoms with Crippen molar-refractivity contribution >= 4 is 6.08 Å². The molecule has 0 radical (unpaired) electrons. The lowest BCUT2D eigenvalue weighted by molar-refractivity contribution is 0.331. The SMILES string of the molecule is CC(/C=C/c1ccccc1)c1ccc2c(c1)C(C)(C)CCC2(C)C. The number of benzene rings is 2. The van der Waals surface area contributed by atoms with Crippen molar-refractivity contribution in [3.63, 3.8) is 0 Å². The zero-order chi connectivity index (χ0) is 17.4. The van der Waals surface area contributed by atoms with Gasteiger partial charge in [0.05, 0.1) is 0 Å². The molecule has 0 fully saturated rings. The molecular weight excluding hydrogens is 288 g/mol. The molecule has 1 aliphatic rings. The van der Waals surface area contributed by atoms with Gasteiger partial charge in [0.15, 0.2) is 0 Å². The summed E-state index contributed by atoms with van der Waals surface area (Å²) in [6.07, 6.45) is 7.09. The number of hydrogen-bond donors (Lipinski definition) is 0. The van der Waals surface area contributed by atoms with Crippen LogP contribution in [-0.2, 0) is 10.8 Å². The molecule has 3 rings (SSSR count). The Hall–Kier alpha value is -1.82. The number of rotatable bonds is 3. The molecule has 0 saturated heterocycles. The van der Waals surface area contributed by atoms with Crippen molar-refractivity contribution in [1.82, 2.24) is 0 Å². The zero-order valence-corrected chi connectivity index (χ0v) is 15.8. The third kappa shape index (κ3) is 3.34. The lowest BCUT2D eigenvalue weighted by Crippen LogP contribution is -2.33. The molecule has 1 atom stereocenters. The van der Waals surface area contributed by atoms with Crippen LogP contribution in [0.1, 0.15) is 75.6 Å². The molecule has 0 aliphatic heterocycles. The molecule has 1 aliphatic carbocycles. The van der Waals surface area contributed by atoms with Crippen LogP contribution in [0.4, 0.5) is 0 Å². The third-order valence-electron chi connectivity index (χ3n) is 5.78. The number of allylic oxidation sites excluding steroid dienone is 1. The van der Waals surface area contributed by atoms with Crippen molar-refractivity contribution in [1.29, 1.82) is 0 Å². The van der Waals surface area contributed by atoms with Crippen molar-refractivity contribution < 1.29 is 0 Å². The van der Waals surface area contributed by atoms with Gasteiger partial charge >= 0.3 is 0 Å². The van der Waals surface area contributed by atoms with Crippen LogP contribution in [0, 0.1) is 0 Å². The summed E-state index contributed by atoms with van der Waals surface area (Å²) < 4.78 is 0. The first kappa shape index (κ1) is 17.0. The molecule has 24 heavy (non-hydrogen) atoms. The van der Waals surface area contributed by atoms with Crippen LogP contribution >= 0.6 is 0 Å². The Balaban J connectivity index is 1.92. The van der Waals surface area contributed by atoms with E-state index < -0.39 is 0 Å². The van der Waals surface area contributed by atoms with E-state index in [2.05, 4.69) is 95.3 Å². The molecule has 0 N–H and O–H groups in total. The van der Waals surface area contributed by atoms with Gasteiger partial charge in [0.1, 0.15) is 0 Å². The predicted octanol–water partition coefficient (Wildman–Crippen LogP) is 6.85. The van der Waals surface area contributed by atoms with Crippen molar-refractivity contribution in [3.05, 3.63) is 76.9 Å². The van der Waals surface area contributed by atoms with E-state index in [4.69, 9.17) is 0 Å². The van der Waals surface area contributed by atoms with Crippen LogP contribution in [0.3, 0.4) is 0 Å². The van der Waals surface area contributed by atoms with Crippen LogP contribution in [0.5, 0.6) is 0 Å². The second kappa shape index (κ2) is 6.24. The van der Waals surface area contributed by atoms with Gasteiger partial charge in [-0.25, -0.2) is 0 Å². The summed E-state index contributed by atoms with van der Waals surface area (Å²) in [4.78, 5) is 0. The first-order chi connectivity index (χ1) is 11.3. The standard InChI is InChI=1S/C24H30/c1-18(11-12-19-9-7-6-8-10-19)20-13-14-21-22(17-20)24(4,5)16-15-23(21,2)3/h6-14,17-18H,15-16H2,1-5H3/b12-11+. The first-order valence-electron chi connectivity index (χ1n) is 9.18. The van der Waals surface area contributed by atoms with E-state index in [1.807, 2.05) is 0 Å². The minimum absolute atomic E-state index is 0.281. The third-order valence-corrected chi connectivity index (χ3v) is 5.78. The molecule has 0 bridgehead atoms. The van der Waals surface area contributed by atoms with Gasteiger partial charge in [0, 0.05) is 0 Å². The fourth-order valence-electron chi connectivity index (χ4n) is 3.82. The summed E-state index contributed by atoms with van der Waals surface area (Å²) in [5.41, 5.74) is 6.37. The van der Waals surface area contributed by atoms with Gasteiger partial charge in [0.25, 0.3) is 0 Å². The van der Waals surface area contributed by atoms with E-state index in [0.717, 1.165) is 0 Å². The van der Waals surface area contributed by atoms with E-state index in [9.17, 15) is 0 Å². The van der Waals surface area contributed by atoms with Gasteiger partial charge in [-0.3, -0.25) is 0 Å². The summed E-state index contributed by atoms with van der Waals surface area (Å²) in [5.74, 6) is 0.427. The average molecular weight is 319 g/mol. The Morgan fingerprint density at radius 2 is 1.46 bits per heavy atom. The summed E-state index contributed by atoms with van der Waals surface area (Å²) >= 11 is 0. The molecule has 126 valence electrons. The maximum Gasteiger partial charge on any atom is -0.000700 e. The van der Waals surface area contributed by atoms with E-state index >= 15 is 0 Å². The molecule has 0 amide bonds. The second-order valence-corrected chi connectivity index (χ2v) is 8.63. The minimum atomic E-state index is 0.281. The van der Waals surface area contributed by atoms with Gasteiger partial charge < -0.3 is 0 Å². The maximum absolute atomic E-state index is 2.47. The predicted molar refractivity (Wildman–Crippen MR) is 106 cm³/mol. The topological polar surface area (TPSA) is 0 Å². The molecule has 0 saturated carbocycles. The highest BCUT2D eigenvalue weighted by atomic mass is 14.4. The lowest BCUT2D eigenvalue weighted by Gasteiger charge is -2.42. The number of hydrogen-bond acceptors (Lipinski definition) is 0. The van der Waals surface area contributed by atoms with Gasteiger partial charge in [0.2, 0.25) is 0 Å². The summed E-state index contributed by atoms with van der Waals surface area (Å²) in [7, 11) is 0. The molecule has 0 heterocycles. The Kier molecular flexibility index (Phi) is 4.42. The van der Waals surface area contributed by atoms with Crippen molar-refractivity contribution in [3.8, 4) is 0 Å². The fourth-order valence-corrected chi connectivity index (χ4v) is 3.82. The summed E-state index contributed by atoms with van der Waals surface area (Å²) in [5, 5.41) is 0. The van der Waals surface area contributed by atoms with Crippen LogP contribution in [0.2, 0.25) is 0 Å². The van der Waals surface area contributed by atoms with Crippen molar-refractivity contribution in [2.45, 2.75) is 64.2 Å².